The average Bonchev–Trinajstić information content (AvgIpc) is 2.76. The van der Waals surface area contributed by atoms with Gasteiger partial charge in [-0.05, 0) is 40.0 Å². The molecule has 0 atom stereocenters. The molecule has 21 heavy (non-hydrogen) atoms. The largest absolute Gasteiger partial charge is 0.507 e. The van der Waals surface area contributed by atoms with Gasteiger partial charge in [0.2, 0.25) is 5.78 Å². The van der Waals surface area contributed by atoms with Crippen molar-refractivity contribution in [3.8, 4) is 5.75 Å². The standard InChI is InChI=1S/C13H10BrCl2NO2.C2H6/c1-2-6-3-4-7(8(18)5-6)12(19)11-9(14)10(15)13(16)17-11;1-2/h3-5,17-18H,2H2,1H3;1-2H3. The van der Waals surface area contributed by atoms with Crippen molar-refractivity contribution in [1.29, 1.82) is 0 Å². The van der Waals surface area contributed by atoms with E-state index in [1.807, 2.05) is 20.8 Å². The molecular weight excluding hydrogens is 377 g/mol. The van der Waals surface area contributed by atoms with Gasteiger partial charge in [-0.15, -0.1) is 0 Å². The lowest BCUT2D eigenvalue weighted by Gasteiger charge is -2.05. The Bertz CT molecular complexity index is 653. The summed E-state index contributed by atoms with van der Waals surface area (Å²) in [5.74, 6) is -0.432. The molecule has 114 valence electrons. The van der Waals surface area contributed by atoms with E-state index in [4.69, 9.17) is 23.2 Å². The van der Waals surface area contributed by atoms with Crippen molar-refractivity contribution in [3.05, 3.63) is 49.7 Å². The molecule has 0 bridgehead atoms. The Morgan fingerprint density at radius 2 is 1.95 bits per heavy atom. The fourth-order valence-corrected chi connectivity index (χ4v) is 2.63. The highest BCUT2D eigenvalue weighted by molar-refractivity contribution is 9.10. The van der Waals surface area contributed by atoms with Crippen LogP contribution in [0.3, 0.4) is 0 Å². The predicted octanol–water partition coefficient (Wildman–Crippen LogP) is 5.61. The number of ketones is 1. The predicted molar refractivity (Wildman–Crippen MR) is 90.8 cm³/mol. The number of carbonyl (C=O) groups excluding carboxylic acids is 1. The van der Waals surface area contributed by atoms with E-state index in [2.05, 4.69) is 20.9 Å². The number of aromatic nitrogens is 1. The number of aromatic amines is 1. The molecule has 0 spiro atoms. The topological polar surface area (TPSA) is 53.1 Å². The molecule has 3 nitrogen and oxygen atoms in total. The number of phenols is 1. The summed E-state index contributed by atoms with van der Waals surface area (Å²) in [6, 6.07) is 4.96. The van der Waals surface area contributed by atoms with Crippen LogP contribution < -0.4 is 0 Å². The van der Waals surface area contributed by atoms with Crippen LogP contribution in [-0.4, -0.2) is 15.9 Å². The van der Waals surface area contributed by atoms with Gasteiger partial charge >= 0.3 is 0 Å². The van der Waals surface area contributed by atoms with Gasteiger partial charge in [0.1, 0.15) is 16.6 Å². The van der Waals surface area contributed by atoms with Gasteiger partial charge in [0.05, 0.1) is 15.1 Å². The molecule has 0 amide bonds. The minimum absolute atomic E-state index is 0.0573. The van der Waals surface area contributed by atoms with Crippen LogP contribution in [0.2, 0.25) is 10.2 Å². The van der Waals surface area contributed by atoms with Crippen LogP contribution in [0, 0.1) is 0 Å². The van der Waals surface area contributed by atoms with E-state index in [0.717, 1.165) is 12.0 Å². The van der Waals surface area contributed by atoms with E-state index in [0.29, 0.717) is 4.47 Å². The van der Waals surface area contributed by atoms with Gasteiger partial charge in [-0.2, -0.15) is 0 Å². The smallest absolute Gasteiger partial charge is 0.214 e. The molecule has 0 fully saturated rings. The van der Waals surface area contributed by atoms with Crippen molar-refractivity contribution < 1.29 is 9.90 Å². The van der Waals surface area contributed by atoms with E-state index in [1.165, 1.54) is 0 Å². The highest BCUT2D eigenvalue weighted by Crippen LogP contribution is 2.35. The third kappa shape index (κ3) is 3.82. The van der Waals surface area contributed by atoms with Gasteiger partial charge in [0, 0.05) is 0 Å². The molecule has 0 unspecified atom stereocenters. The zero-order valence-electron chi connectivity index (χ0n) is 11.9. The quantitative estimate of drug-likeness (QED) is 0.667. The Balaban J connectivity index is 0.00000106. The fraction of sp³-hybridized carbons (Fsp3) is 0.267. The van der Waals surface area contributed by atoms with Gasteiger partial charge < -0.3 is 10.1 Å². The lowest BCUT2D eigenvalue weighted by Crippen LogP contribution is -2.03. The Labute approximate surface area is 142 Å². The highest BCUT2D eigenvalue weighted by Gasteiger charge is 2.22. The van der Waals surface area contributed by atoms with Gasteiger partial charge in [-0.25, -0.2) is 0 Å². The number of hydrogen-bond acceptors (Lipinski definition) is 2. The number of H-pyrrole nitrogens is 1. The summed E-state index contributed by atoms with van der Waals surface area (Å²) in [6.45, 7) is 5.97. The van der Waals surface area contributed by atoms with Gasteiger partial charge in [0.15, 0.2) is 0 Å². The number of halogens is 3. The van der Waals surface area contributed by atoms with E-state index in [-0.39, 0.29) is 33.0 Å². The molecule has 1 aromatic carbocycles. The summed E-state index contributed by atoms with van der Waals surface area (Å²) in [5, 5.41) is 10.3. The van der Waals surface area contributed by atoms with E-state index >= 15 is 0 Å². The number of rotatable bonds is 3. The third-order valence-electron chi connectivity index (χ3n) is 2.78. The van der Waals surface area contributed by atoms with E-state index in [1.54, 1.807) is 18.2 Å². The van der Waals surface area contributed by atoms with E-state index < -0.39 is 0 Å². The van der Waals surface area contributed by atoms with Crippen LogP contribution in [0.1, 0.15) is 42.4 Å². The first-order chi connectivity index (χ1) is 9.95. The van der Waals surface area contributed by atoms with Gasteiger partial charge in [-0.3, -0.25) is 4.79 Å². The molecule has 0 aliphatic heterocycles. The van der Waals surface area contributed by atoms with Crippen molar-refractivity contribution in [2.75, 3.05) is 0 Å². The molecule has 2 aromatic rings. The van der Waals surface area contributed by atoms with Crippen LogP contribution in [0.5, 0.6) is 5.75 Å². The second-order valence-electron chi connectivity index (χ2n) is 3.98. The maximum absolute atomic E-state index is 12.3. The first kappa shape index (κ1) is 18.1. The summed E-state index contributed by atoms with van der Waals surface area (Å²) in [5.41, 5.74) is 1.37. The molecule has 1 heterocycles. The summed E-state index contributed by atoms with van der Waals surface area (Å²) >= 11 is 14.9. The van der Waals surface area contributed by atoms with Crippen molar-refractivity contribution in [2.45, 2.75) is 27.2 Å². The fourth-order valence-electron chi connectivity index (χ4n) is 1.71. The summed E-state index contributed by atoms with van der Waals surface area (Å²) < 4.78 is 0.392. The van der Waals surface area contributed by atoms with Crippen LogP contribution in [0.25, 0.3) is 0 Å². The second kappa shape index (κ2) is 7.87. The monoisotopic (exact) mass is 391 g/mol. The molecule has 6 heteroatoms. The zero-order valence-corrected chi connectivity index (χ0v) is 15.0. The summed E-state index contributed by atoms with van der Waals surface area (Å²) in [6.07, 6.45) is 0.784. The van der Waals surface area contributed by atoms with Gasteiger partial charge in [0.25, 0.3) is 0 Å². The molecule has 0 saturated heterocycles. The molecule has 2 N–H and O–H groups in total. The normalized spacial score (nSPS) is 10.0. The van der Waals surface area contributed by atoms with Crippen molar-refractivity contribution in [1.82, 2.24) is 4.98 Å². The maximum atomic E-state index is 12.3. The van der Waals surface area contributed by atoms with E-state index in [9.17, 15) is 9.90 Å². The minimum Gasteiger partial charge on any atom is -0.507 e. The average molecular weight is 393 g/mol. The van der Waals surface area contributed by atoms with Crippen molar-refractivity contribution in [2.24, 2.45) is 0 Å². The van der Waals surface area contributed by atoms with Crippen molar-refractivity contribution in [3.63, 3.8) is 0 Å². The molecular formula is C15H16BrCl2NO2. The Kier molecular flexibility index (Phi) is 6.78. The Hall–Kier alpha value is -0.970. The highest BCUT2D eigenvalue weighted by atomic mass is 79.9. The molecule has 0 aliphatic rings. The lowest BCUT2D eigenvalue weighted by molar-refractivity contribution is 0.103. The number of aromatic hydroxyl groups is 1. The zero-order chi connectivity index (χ0) is 16.2. The number of nitrogens with one attached hydrogen (secondary N) is 1. The molecule has 0 saturated carbocycles. The van der Waals surface area contributed by atoms with Crippen molar-refractivity contribution >= 4 is 44.9 Å². The van der Waals surface area contributed by atoms with Crippen LogP contribution in [-0.2, 0) is 6.42 Å². The maximum Gasteiger partial charge on any atom is 0.214 e. The Morgan fingerprint density at radius 1 is 1.33 bits per heavy atom. The lowest BCUT2D eigenvalue weighted by atomic mass is 10.0. The van der Waals surface area contributed by atoms with Crippen LogP contribution >= 0.6 is 39.1 Å². The van der Waals surface area contributed by atoms with Gasteiger partial charge in [-0.1, -0.05) is 50.0 Å². The first-order valence-electron chi connectivity index (χ1n) is 6.54. The molecule has 2 rings (SSSR count). The summed E-state index contributed by atoms with van der Waals surface area (Å²) in [4.78, 5) is 15.0. The Morgan fingerprint density at radius 3 is 2.38 bits per heavy atom. The number of aryl methyl sites for hydroxylation is 1. The second-order valence-corrected chi connectivity index (χ2v) is 5.53. The number of benzene rings is 1. The molecule has 1 aromatic heterocycles. The van der Waals surface area contributed by atoms with Crippen LogP contribution in [0.4, 0.5) is 0 Å². The first-order valence-corrected chi connectivity index (χ1v) is 8.09. The minimum atomic E-state index is -0.374. The number of phenolic OH excluding ortho intramolecular Hbond substituents is 1. The molecule has 0 aliphatic carbocycles. The number of carbonyl (C=O) groups is 1. The van der Waals surface area contributed by atoms with Crippen LogP contribution in [0.15, 0.2) is 22.7 Å². The SMILES string of the molecule is CC.CCc1ccc(C(=O)c2[nH]c(Cl)c(Cl)c2Br)c(O)c1. The summed E-state index contributed by atoms with van der Waals surface area (Å²) in [7, 11) is 0. The third-order valence-corrected chi connectivity index (χ3v) is 4.56. The number of hydrogen-bond donors (Lipinski definition) is 2. The molecule has 0 radical (unpaired) electrons.